The van der Waals surface area contributed by atoms with Gasteiger partial charge in [-0.1, -0.05) is 34.6 Å². The van der Waals surface area contributed by atoms with Gasteiger partial charge < -0.3 is 15.4 Å². The van der Waals surface area contributed by atoms with Crippen molar-refractivity contribution in [2.75, 3.05) is 26.3 Å². The molecule has 0 aliphatic carbocycles. The number of carbonyl (C=O) groups excluding carboxylic acids is 1. The van der Waals surface area contributed by atoms with E-state index in [-0.39, 0.29) is 11.8 Å². The molecule has 0 fully saturated rings. The summed E-state index contributed by atoms with van der Waals surface area (Å²) in [5.41, 5.74) is 0. The quantitative estimate of drug-likeness (QED) is 0.603. The van der Waals surface area contributed by atoms with Gasteiger partial charge in [0.05, 0.1) is 13.2 Å². The third kappa shape index (κ3) is 9.12. The van der Waals surface area contributed by atoms with Crippen LogP contribution in [0.4, 0.5) is 0 Å². The maximum Gasteiger partial charge on any atom is 0.223 e. The molecule has 0 aliphatic heterocycles. The average Bonchev–Trinajstić information content (AvgIpc) is 2.25. The smallest absolute Gasteiger partial charge is 0.223 e. The fourth-order valence-corrected chi connectivity index (χ4v) is 1.23. The van der Waals surface area contributed by atoms with Crippen molar-refractivity contribution in [3.8, 4) is 0 Å². The third-order valence-corrected chi connectivity index (χ3v) is 2.76. The van der Waals surface area contributed by atoms with Gasteiger partial charge in [-0.3, -0.25) is 4.79 Å². The Kier molecular flexibility index (Phi) is 9.09. The Hall–Kier alpha value is -0.610. The van der Waals surface area contributed by atoms with Crippen molar-refractivity contribution in [3.05, 3.63) is 0 Å². The molecule has 0 saturated carbocycles. The van der Waals surface area contributed by atoms with Crippen LogP contribution in [0.3, 0.4) is 0 Å². The number of nitrogens with one attached hydrogen (secondary N) is 2. The standard InChI is InChI=1S/C13H28N2O2/c1-10(2)12(5)13(16)15-7-9-17-8-6-14-11(3)4/h10-12,14H,6-9H2,1-5H3,(H,15,16). The van der Waals surface area contributed by atoms with Crippen molar-refractivity contribution in [3.63, 3.8) is 0 Å². The first-order chi connectivity index (χ1) is 7.95. The first kappa shape index (κ1) is 16.4. The molecule has 0 saturated heterocycles. The van der Waals surface area contributed by atoms with Gasteiger partial charge in [0.2, 0.25) is 5.91 Å². The molecule has 0 rings (SSSR count). The third-order valence-electron chi connectivity index (χ3n) is 2.76. The fourth-order valence-electron chi connectivity index (χ4n) is 1.23. The van der Waals surface area contributed by atoms with E-state index in [4.69, 9.17) is 4.74 Å². The SMILES string of the molecule is CC(C)NCCOCCNC(=O)C(C)C(C)C. The van der Waals surface area contributed by atoms with E-state index in [1.165, 1.54) is 0 Å². The van der Waals surface area contributed by atoms with E-state index < -0.39 is 0 Å². The molecule has 102 valence electrons. The summed E-state index contributed by atoms with van der Waals surface area (Å²) >= 11 is 0. The number of amides is 1. The van der Waals surface area contributed by atoms with Gasteiger partial charge in [0, 0.05) is 25.0 Å². The molecule has 1 atom stereocenters. The summed E-state index contributed by atoms with van der Waals surface area (Å²) in [6, 6.07) is 0.491. The lowest BCUT2D eigenvalue weighted by Gasteiger charge is -2.15. The molecule has 0 aromatic rings. The van der Waals surface area contributed by atoms with E-state index in [1.54, 1.807) is 0 Å². The minimum Gasteiger partial charge on any atom is -0.378 e. The van der Waals surface area contributed by atoms with Crippen LogP contribution >= 0.6 is 0 Å². The highest BCUT2D eigenvalue weighted by molar-refractivity contribution is 5.78. The van der Waals surface area contributed by atoms with Gasteiger partial charge in [-0.2, -0.15) is 0 Å². The molecular formula is C13H28N2O2. The molecule has 2 N–H and O–H groups in total. The van der Waals surface area contributed by atoms with Crippen LogP contribution in [0.25, 0.3) is 0 Å². The van der Waals surface area contributed by atoms with Crippen LogP contribution in [0.15, 0.2) is 0 Å². The molecule has 0 aromatic carbocycles. The molecule has 0 bridgehead atoms. The summed E-state index contributed by atoms with van der Waals surface area (Å²) in [5.74, 6) is 0.563. The van der Waals surface area contributed by atoms with E-state index in [1.807, 2.05) is 6.92 Å². The Morgan fingerprint density at radius 2 is 1.65 bits per heavy atom. The van der Waals surface area contributed by atoms with Crippen LogP contribution in [0.2, 0.25) is 0 Å². The second kappa shape index (κ2) is 9.42. The van der Waals surface area contributed by atoms with Crippen LogP contribution in [0.1, 0.15) is 34.6 Å². The van der Waals surface area contributed by atoms with Gasteiger partial charge in [-0.25, -0.2) is 0 Å². The van der Waals surface area contributed by atoms with Crippen molar-refractivity contribution < 1.29 is 9.53 Å². The molecule has 4 heteroatoms. The lowest BCUT2D eigenvalue weighted by atomic mass is 9.97. The van der Waals surface area contributed by atoms with Gasteiger partial charge in [0.25, 0.3) is 0 Å². The van der Waals surface area contributed by atoms with Crippen LogP contribution < -0.4 is 10.6 Å². The Labute approximate surface area is 105 Å². The van der Waals surface area contributed by atoms with E-state index >= 15 is 0 Å². The normalized spacial score (nSPS) is 13.1. The molecule has 4 nitrogen and oxygen atoms in total. The molecule has 1 amide bonds. The second-order valence-corrected chi connectivity index (χ2v) is 5.04. The van der Waals surface area contributed by atoms with E-state index in [0.717, 1.165) is 6.54 Å². The van der Waals surface area contributed by atoms with Gasteiger partial charge in [-0.15, -0.1) is 0 Å². The zero-order chi connectivity index (χ0) is 13.3. The zero-order valence-corrected chi connectivity index (χ0v) is 11.9. The summed E-state index contributed by atoms with van der Waals surface area (Å²) < 4.78 is 5.40. The van der Waals surface area contributed by atoms with Crippen molar-refractivity contribution in [2.24, 2.45) is 11.8 Å². The van der Waals surface area contributed by atoms with Gasteiger partial charge in [0.15, 0.2) is 0 Å². The highest BCUT2D eigenvalue weighted by Gasteiger charge is 2.15. The van der Waals surface area contributed by atoms with Crippen molar-refractivity contribution in [2.45, 2.75) is 40.7 Å². The van der Waals surface area contributed by atoms with Crippen LogP contribution in [-0.2, 0) is 9.53 Å². The van der Waals surface area contributed by atoms with Crippen LogP contribution in [0, 0.1) is 11.8 Å². The Morgan fingerprint density at radius 3 is 2.18 bits per heavy atom. The molecule has 1 unspecified atom stereocenters. The summed E-state index contributed by atoms with van der Waals surface area (Å²) in [6.07, 6.45) is 0. The maximum absolute atomic E-state index is 11.6. The van der Waals surface area contributed by atoms with Crippen LogP contribution in [0.5, 0.6) is 0 Å². The molecule has 0 heterocycles. The monoisotopic (exact) mass is 244 g/mol. The minimum absolute atomic E-state index is 0.0672. The predicted octanol–water partition coefficient (Wildman–Crippen LogP) is 1.41. The highest BCUT2D eigenvalue weighted by Crippen LogP contribution is 2.08. The summed E-state index contributed by atoms with van der Waals surface area (Å²) in [6.45, 7) is 13.0. The molecule has 0 radical (unpaired) electrons. The molecule has 17 heavy (non-hydrogen) atoms. The van der Waals surface area contributed by atoms with Crippen LogP contribution in [-0.4, -0.2) is 38.3 Å². The Bertz CT molecular complexity index is 206. The molecular weight excluding hydrogens is 216 g/mol. The highest BCUT2D eigenvalue weighted by atomic mass is 16.5. The molecule has 0 aliphatic rings. The largest absolute Gasteiger partial charge is 0.378 e. The summed E-state index contributed by atoms with van der Waals surface area (Å²) in [5, 5.41) is 6.15. The van der Waals surface area contributed by atoms with Crippen molar-refractivity contribution in [1.29, 1.82) is 0 Å². The number of hydrogen-bond acceptors (Lipinski definition) is 3. The Balaban J connectivity index is 3.37. The number of rotatable bonds is 9. The number of carbonyl (C=O) groups is 1. The average molecular weight is 244 g/mol. The van der Waals surface area contributed by atoms with Crippen molar-refractivity contribution >= 4 is 5.91 Å². The Morgan fingerprint density at radius 1 is 1.06 bits per heavy atom. The van der Waals surface area contributed by atoms with Gasteiger partial charge in [-0.05, 0) is 5.92 Å². The minimum atomic E-state index is 0.0672. The van der Waals surface area contributed by atoms with Gasteiger partial charge in [0.1, 0.15) is 0 Å². The topological polar surface area (TPSA) is 50.4 Å². The summed E-state index contributed by atoms with van der Waals surface area (Å²) in [4.78, 5) is 11.6. The second-order valence-electron chi connectivity index (χ2n) is 5.04. The summed E-state index contributed by atoms with van der Waals surface area (Å²) in [7, 11) is 0. The predicted molar refractivity (Wildman–Crippen MR) is 71.0 cm³/mol. The number of ether oxygens (including phenoxy) is 1. The van der Waals surface area contributed by atoms with E-state index in [0.29, 0.717) is 31.7 Å². The van der Waals surface area contributed by atoms with E-state index in [2.05, 4.69) is 38.3 Å². The molecule has 0 spiro atoms. The van der Waals surface area contributed by atoms with E-state index in [9.17, 15) is 4.79 Å². The lowest BCUT2D eigenvalue weighted by molar-refractivity contribution is -0.125. The van der Waals surface area contributed by atoms with Gasteiger partial charge >= 0.3 is 0 Å². The van der Waals surface area contributed by atoms with Crippen molar-refractivity contribution in [1.82, 2.24) is 10.6 Å². The fraction of sp³-hybridized carbons (Fsp3) is 0.923. The first-order valence-electron chi connectivity index (χ1n) is 6.54. The maximum atomic E-state index is 11.6. The molecule has 0 aromatic heterocycles. The number of hydrogen-bond donors (Lipinski definition) is 2. The lowest BCUT2D eigenvalue weighted by Crippen LogP contribution is -2.34. The first-order valence-corrected chi connectivity index (χ1v) is 6.54. The zero-order valence-electron chi connectivity index (χ0n) is 11.9.